The Morgan fingerprint density at radius 2 is 1.92 bits per heavy atom. The molecule has 0 fully saturated rings. The summed E-state index contributed by atoms with van der Waals surface area (Å²) >= 11 is 0. The minimum absolute atomic E-state index is 0.0553. The first-order valence-electron chi connectivity index (χ1n) is 4.90. The van der Waals surface area contributed by atoms with E-state index in [1.807, 2.05) is 6.92 Å². The summed E-state index contributed by atoms with van der Waals surface area (Å²) in [4.78, 5) is 13.0. The molecule has 78 valence electrons. The van der Waals surface area contributed by atoms with Crippen molar-refractivity contribution in [1.29, 1.82) is 0 Å². The number of amides is 1. The van der Waals surface area contributed by atoms with Gasteiger partial charge in [-0.05, 0) is 34.2 Å². The van der Waals surface area contributed by atoms with E-state index in [0.717, 1.165) is 13.0 Å². The van der Waals surface area contributed by atoms with Gasteiger partial charge in [0.05, 0.1) is 0 Å². The molecule has 1 amide bonds. The average Bonchev–Trinajstić information content (AvgIpc) is 1.98. The Kier molecular flexibility index (Phi) is 5.71. The monoisotopic (exact) mass is 186 g/mol. The molecule has 3 nitrogen and oxygen atoms in total. The van der Waals surface area contributed by atoms with Crippen LogP contribution in [0.2, 0.25) is 0 Å². The maximum absolute atomic E-state index is 10.7. The molecule has 1 unspecified atom stereocenters. The molecule has 1 atom stereocenters. The van der Waals surface area contributed by atoms with Gasteiger partial charge in [-0.15, -0.1) is 0 Å². The summed E-state index contributed by atoms with van der Waals surface area (Å²) in [6.45, 7) is 8.96. The van der Waals surface area contributed by atoms with Crippen LogP contribution in [0.15, 0.2) is 0 Å². The molecule has 0 heterocycles. The number of nitrogens with zero attached hydrogens (tertiary/aromatic N) is 1. The Bertz CT molecular complexity index is 157. The zero-order chi connectivity index (χ0) is 10.4. The van der Waals surface area contributed by atoms with E-state index in [2.05, 4.69) is 31.1 Å². The third-order valence-electron chi connectivity index (χ3n) is 2.25. The Morgan fingerprint density at radius 1 is 1.38 bits per heavy atom. The zero-order valence-corrected chi connectivity index (χ0v) is 9.42. The van der Waals surface area contributed by atoms with Crippen molar-refractivity contribution in [2.75, 3.05) is 13.6 Å². The van der Waals surface area contributed by atoms with Crippen molar-refractivity contribution < 1.29 is 4.79 Å². The maximum Gasteiger partial charge on any atom is 0.217 e. The molecule has 0 radical (unpaired) electrons. The minimum atomic E-state index is 0.0553. The van der Waals surface area contributed by atoms with Crippen LogP contribution in [0.3, 0.4) is 0 Å². The molecule has 0 saturated carbocycles. The van der Waals surface area contributed by atoms with Crippen LogP contribution < -0.4 is 5.32 Å². The first kappa shape index (κ1) is 12.4. The lowest BCUT2D eigenvalue weighted by atomic mass is 10.2. The number of hydrogen-bond donors (Lipinski definition) is 1. The second kappa shape index (κ2) is 5.97. The van der Waals surface area contributed by atoms with Crippen LogP contribution in [0.1, 0.15) is 34.1 Å². The van der Waals surface area contributed by atoms with Gasteiger partial charge in [0, 0.05) is 25.6 Å². The van der Waals surface area contributed by atoms with Crippen LogP contribution in [0, 0.1) is 0 Å². The van der Waals surface area contributed by atoms with Crippen molar-refractivity contribution in [2.24, 2.45) is 0 Å². The third-order valence-corrected chi connectivity index (χ3v) is 2.25. The molecule has 0 rings (SSSR count). The topological polar surface area (TPSA) is 32.3 Å². The molecule has 0 bridgehead atoms. The van der Waals surface area contributed by atoms with Crippen LogP contribution >= 0.6 is 0 Å². The Morgan fingerprint density at radius 3 is 2.31 bits per heavy atom. The molecule has 1 N–H and O–H groups in total. The smallest absolute Gasteiger partial charge is 0.217 e. The number of nitrogens with one attached hydrogen (secondary N) is 1. The average molecular weight is 186 g/mol. The number of carbonyl (C=O) groups is 1. The largest absolute Gasteiger partial charge is 0.354 e. The summed E-state index contributed by atoms with van der Waals surface area (Å²) in [5.74, 6) is 0.0553. The van der Waals surface area contributed by atoms with Crippen molar-refractivity contribution in [3.63, 3.8) is 0 Å². The van der Waals surface area contributed by atoms with Crippen molar-refractivity contribution in [3.8, 4) is 0 Å². The molecule has 0 saturated heterocycles. The van der Waals surface area contributed by atoms with E-state index in [1.165, 1.54) is 0 Å². The van der Waals surface area contributed by atoms with Crippen molar-refractivity contribution >= 4 is 5.91 Å². The molecule has 0 aromatic rings. The fourth-order valence-electron chi connectivity index (χ4n) is 1.07. The van der Waals surface area contributed by atoms with E-state index in [1.54, 1.807) is 6.92 Å². The lowest BCUT2D eigenvalue weighted by Crippen LogP contribution is -2.35. The number of carbonyl (C=O) groups excluding carboxylic acids is 1. The minimum Gasteiger partial charge on any atom is -0.354 e. The molecular weight excluding hydrogens is 164 g/mol. The van der Waals surface area contributed by atoms with E-state index in [9.17, 15) is 4.79 Å². The second-order valence-corrected chi connectivity index (χ2v) is 3.96. The molecule has 0 aromatic carbocycles. The molecular formula is C10H22N2O. The van der Waals surface area contributed by atoms with Crippen molar-refractivity contribution in [2.45, 2.75) is 46.2 Å². The van der Waals surface area contributed by atoms with Gasteiger partial charge in [-0.3, -0.25) is 4.79 Å². The summed E-state index contributed by atoms with van der Waals surface area (Å²) in [5, 5.41) is 2.87. The third kappa shape index (κ3) is 6.58. The molecule has 0 spiro atoms. The van der Waals surface area contributed by atoms with Gasteiger partial charge in [0.15, 0.2) is 0 Å². The van der Waals surface area contributed by atoms with E-state index < -0.39 is 0 Å². The molecule has 0 aliphatic rings. The molecule has 0 aromatic heterocycles. The lowest BCUT2D eigenvalue weighted by molar-refractivity contribution is -0.119. The summed E-state index contributed by atoms with van der Waals surface area (Å²) in [5.41, 5.74) is 0. The van der Waals surface area contributed by atoms with Gasteiger partial charge in [0.25, 0.3) is 0 Å². The van der Waals surface area contributed by atoms with Gasteiger partial charge in [0.2, 0.25) is 5.91 Å². The van der Waals surface area contributed by atoms with Gasteiger partial charge in [-0.2, -0.15) is 0 Å². The van der Waals surface area contributed by atoms with Crippen LogP contribution in [0.25, 0.3) is 0 Å². The Balaban J connectivity index is 3.57. The van der Waals surface area contributed by atoms with Crippen LogP contribution in [0.5, 0.6) is 0 Å². The van der Waals surface area contributed by atoms with Crippen LogP contribution in [-0.2, 0) is 4.79 Å². The fourth-order valence-corrected chi connectivity index (χ4v) is 1.07. The van der Waals surface area contributed by atoms with Crippen LogP contribution in [-0.4, -0.2) is 36.5 Å². The normalized spacial score (nSPS) is 13.5. The Labute approximate surface area is 81.5 Å². The Hall–Kier alpha value is -0.570. The molecule has 0 aliphatic heterocycles. The maximum atomic E-state index is 10.7. The summed E-state index contributed by atoms with van der Waals surface area (Å²) < 4.78 is 0. The van der Waals surface area contributed by atoms with E-state index in [0.29, 0.717) is 6.04 Å². The second-order valence-electron chi connectivity index (χ2n) is 3.96. The van der Waals surface area contributed by atoms with Crippen molar-refractivity contribution in [3.05, 3.63) is 0 Å². The molecule has 3 heteroatoms. The van der Waals surface area contributed by atoms with Gasteiger partial charge in [-0.1, -0.05) is 0 Å². The van der Waals surface area contributed by atoms with Gasteiger partial charge < -0.3 is 10.2 Å². The van der Waals surface area contributed by atoms with Gasteiger partial charge >= 0.3 is 0 Å². The highest BCUT2D eigenvalue weighted by Crippen LogP contribution is 1.98. The highest BCUT2D eigenvalue weighted by molar-refractivity contribution is 5.73. The molecule has 0 aliphatic carbocycles. The fraction of sp³-hybridized carbons (Fsp3) is 0.900. The van der Waals surface area contributed by atoms with Gasteiger partial charge in [-0.25, -0.2) is 0 Å². The first-order valence-corrected chi connectivity index (χ1v) is 4.90. The SMILES string of the molecule is CC(=O)NC(C)CCN(C)C(C)C. The first-order chi connectivity index (χ1) is 5.93. The van der Waals surface area contributed by atoms with E-state index in [4.69, 9.17) is 0 Å². The van der Waals surface area contributed by atoms with Crippen molar-refractivity contribution in [1.82, 2.24) is 10.2 Å². The number of hydrogen-bond acceptors (Lipinski definition) is 2. The predicted octanol–water partition coefficient (Wildman–Crippen LogP) is 1.24. The lowest BCUT2D eigenvalue weighted by Gasteiger charge is -2.23. The molecule has 13 heavy (non-hydrogen) atoms. The summed E-state index contributed by atoms with van der Waals surface area (Å²) in [7, 11) is 2.10. The van der Waals surface area contributed by atoms with Crippen LogP contribution in [0.4, 0.5) is 0 Å². The quantitative estimate of drug-likeness (QED) is 0.700. The number of rotatable bonds is 5. The highest BCUT2D eigenvalue weighted by atomic mass is 16.1. The summed E-state index contributed by atoms with van der Waals surface area (Å²) in [6.07, 6.45) is 1.01. The zero-order valence-electron chi connectivity index (χ0n) is 9.42. The standard InChI is InChI=1S/C10H22N2O/c1-8(2)12(5)7-6-9(3)11-10(4)13/h8-9H,6-7H2,1-5H3,(H,11,13). The van der Waals surface area contributed by atoms with E-state index in [-0.39, 0.29) is 11.9 Å². The van der Waals surface area contributed by atoms with Gasteiger partial charge in [0.1, 0.15) is 0 Å². The van der Waals surface area contributed by atoms with E-state index >= 15 is 0 Å². The highest BCUT2D eigenvalue weighted by Gasteiger charge is 2.07. The predicted molar refractivity (Wildman–Crippen MR) is 55.7 cm³/mol. The summed E-state index contributed by atoms with van der Waals surface area (Å²) in [6, 6.07) is 0.850.